The predicted molar refractivity (Wildman–Crippen MR) is 55.0 cm³/mol. The van der Waals surface area contributed by atoms with Gasteiger partial charge in [-0.05, 0) is 6.42 Å². The number of fused-ring (bicyclic) bond motifs is 1. The lowest BCUT2D eigenvalue weighted by molar-refractivity contribution is 0.247. The highest BCUT2D eigenvalue weighted by Gasteiger charge is 2.42. The summed E-state index contributed by atoms with van der Waals surface area (Å²) in [6, 6.07) is 0.806. The van der Waals surface area contributed by atoms with E-state index in [0.29, 0.717) is 17.3 Å². The van der Waals surface area contributed by atoms with Crippen LogP contribution in [-0.2, 0) is 0 Å². The molecule has 0 unspecified atom stereocenters. The summed E-state index contributed by atoms with van der Waals surface area (Å²) in [4.78, 5) is 11.0. The molecule has 3 nitrogen and oxygen atoms in total. The minimum absolute atomic E-state index is 0.0248. The molecular weight excluding hydrogens is 184 g/mol. The van der Waals surface area contributed by atoms with Crippen LogP contribution in [0.3, 0.4) is 0 Å². The van der Waals surface area contributed by atoms with E-state index in [1.54, 1.807) is 0 Å². The molecule has 0 saturated carbocycles. The third-order valence-corrected chi connectivity index (χ3v) is 4.29. The molecule has 0 aromatic carbocycles. The molecule has 2 amide bonds. The number of hydrogen-bond donors (Lipinski definition) is 2. The fraction of sp³-hybridized carbons (Fsp3) is 0.889. The highest BCUT2D eigenvalue weighted by molar-refractivity contribution is 8.00. The number of unbranched alkanes of at least 4 members (excludes halogenated alkanes) is 1. The first-order valence-corrected chi connectivity index (χ1v) is 6.04. The van der Waals surface area contributed by atoms with Gasteiger partial charge in [0.15, 0.2) is 0 Å². The van der Waals surface area contributed by atoms with Gasteiger partial charge < -0.3 is 10.6 Å². The zero-order valence-electron chi connectivity index (χ0n) is 7.88. The lowest BCUT2D eigenvalue weighted by Gasteiger charge is -2.15. The maximum absolute atomic E-state index is 11.0. The number of amides is 2. The van der Waals surface area contributed by atoms with Gasteiger partial charge in [-0.3, -0.25) is 0 Å². The van der Waals surface area contributed by atoms with Crippen molar-refractivity contribution in [1.82, 2.24) is 10.6 Å². The van der Waals surface area contributed by atoms with E-state index < -0.39 is 0 Å². The van der Waals surface area contributed by atoms with Crippen LogP contribution >= 0.6 is 11.8 Å². The molecule has 2 aliphatic heterocycles. The first kappa shape index (κ1) is 9.19. The molecule has 0 aromatic heterocycles. The van der Waals surface area contributed by atoms with Crippen LogP contribution in [0, 0.1) is 0 Å². The fourth-order valence-corrected chi connectivity index (χ4v) is 3.59. The number of hydrogen-bond acceptors (Lipinski definition) is 2. The molecule has 0 aliphatic carbocycles. The summed E-state index contributed by atoms with van der Waals surface area (Å²) in [6.45, 7) is 2.21. The van der Waals surface area contributed by atoms with Crippen molar-refractivity contribution in [1.29, 1.82) is 0 Å². The Morgan fingerprint density at radius 1 is 1.54 bits per heavy atom. The van der Waals surface area contributed by atoms with Crippen molar-refractivity contribution in [2.24, 2.45) is 0 Å². The number of urea groups is 1. The van der Waals surface area contributed by atoms with Gasteiger partial charge in [-0.25, -0.2) is 4.79 Å². The van der Waals surface area contributed by atoms with E-state index in [0.717, 1.165) is 5.75 Å². The normalized spacial score (nSPS) is 37.0. The van der Waals surface area contributed by atoms with Crippen LogP contribution in [0.4, 0.5) is 4.79 Å². The number of carbonyl (C=O) groups is 1. The van der Waals surface area contributed by atoms with Gasteiger partial charge in [0, 0.05) is 11.0 Å². The van der Waals surface area contributed by atoms with E-state index >= 15 is 0 Å². The molecule has 4 heteroatoms. The summed E-state index contributed by atoms with van der Waals surface area (Å²) < 4.78 is 0. The first-order chi connectivity index (χ1) is 6.31. The Labute approximate surface area is 83.0 Å². The second kappa shape index (κ2) is 3.78. The molecule has 74 valence electrons. The molecule has 2 saturated heterocycles. The molecule has 3 atom stereocenters. The molecular formula is C9H16N2OS. The number of thioether (sulfide) groups is 1. The molecule has 13 heavy (non-hydrogen) atoms. The van der Waals surface area contributed by atoms with Crippen molar-refractivity contribution < 1.29 is 4.79 Å². The molecule has 2 fully saturated rings. The van der Waals surface area contributed by atoms with Crippen molar-refractivity contribution in [2.75, 3.05) is 5.75 Å². The van der Waals surface area contributed by atoms with Gasteiger partial charge >= 0.3 is 6.03 Å². The largest absolute Gasteiger partial charge is 0.332 e. The maximum Gasteiger partial charge on any atom is 0.315 e. The van der Waals surface area contributed by atoms with Gasteiger partial charge in [0.25, 0.3) is 0 Å². The lowest BCUT2D eigenvalue weighted by Crippen LogP contribution is -2.36. The molecule has 0 spiro atoms. The zero-order valence-corrected chi connectivity index (χ0v) is 8.69. The zero-order chi connectivity index (χ0) is 9.26. The Morgan fingerprint density at radius 3 is 3.15 bits per heavy atom. The minimum Gasteiger partial charge on any atom is -0.332 e. The molecule has 2 aliphatic rings. The van der Waals surface area contributed by atoms with Gasteiger partial charge in [0.2, 0.25) is 0 Å². The van der Waals surface area contributed by atoms with E-state index in [1.165, 1.54) is 19.3 Å². The smallest absolute Gasteiger partial charge is 0.315 e. The maximum atomic E-state index is 11.0. The van der Waals surface area contributed by atoms with E-state index in [2.05, 4.69) is 17.6 Å². The quantitative estimate of drug-likeness (QED) is 0.675. The number of carbonyl (C=O) groups excluding carboxylic acids is 1. The third-order valence-electron chi connectivity index (χ3n) is 2.78. The minimum atomic E-state index is 0.0248. The van der Waals surface area contributed by atoms with Crippen LogP contribution in [-0.4, -0.2) is 29.1 Å². The Kier molecular flexibility index (Phi) is 2.67. The van der Waals surface area contributed by atoms with Gasteiger partial charge in [-0.15, -0.1) is 0 Å². The van der Waals surface area contributed by atoms with Gasteiger partial charge in [-0.2, -0.15) is 11.8 Å². The monoisotopic (exact) mass is 200 g/mol. The molecule has 0 aromatic rings. The average Bonchev–Trinajstić information content (AvgIpc) is 2.61. The summed E-state index contributed by atoms with van der Waals surface area (Å²) in [5, 5.41) is 6.60. The SMILES string of the molecule is CCCC[C@@H]1SC[C@H]2NC(=O)N[C@@H]12. The topological polar surface area (TPSA) is 41.1 Å². The third kappa shape index (κ3) is 1.77. The van der Waals surface area contributed by atoms with Gasteiger partial charge in [0.1, 0.15) is 0 Å². The molecule has 2 N–H and O–H groups in total. The number of rotatable bonds is 3. The summed E-state index contributed by atoms with van der Waals surface area (Å²) in [7, 11) is 0. The summed E-state index contributed by atoms with van der Waals surface area (Å²) in [5.41, 5.74) is 0. The van der Waals surface area contributed by atoms with Crippen molar-refractivity contribution in [3.8, 4) is 0 Å². The summed E-state index contributed by atoms with van der Waals surface area (Å²) >= 11 is 2.00. The molecule has 0 radical (unpaired) electrons. The van der Waals surface area contributed by atoms with Crippen LogP contribution in [0.2, 0.25) is 0 Å². The molecule has 2 heterocycles. The van der Waals surface area contributed by atoms with Crippen LogP contribution in [0.25, 0.3) is 0 Å². The molecule has 0 bridgehead atoms. The standard InChI is InChI=1S/C9H16N2OS/c1-2-3-4-7-8-6(5-13-7)10-9(12)11-8/h6-8H,2-5H2,1H3,(H2,10,11,12)/t6-,7+,8-/m1/s1. The van der Waals surface area contributed by atoms with Crippen molar-refractivity contribution in [2.45, 2.75) is 43.5 Å². The molecule has 2 rings (SSSR count). The summed E-state index contributed by atoms with van der Waals surface area (Å²) in [5.74, 6) is 1.08. The van der Waals surface area contributed by atoms with Crippen LogP contribution in [0.5, 0.6) is 0 Å². The Balaban J connectivity index is 1.89. The highest BCUT2D eigenvalue weighted by Crippen LogP contribution is 2.32. The van der Waals surface area contributed by atoms with Crippen LogP contribution in [0.1, 0.15) is 26.2 Å². The highest BCUT2D eigenvalue weighted by atomic mass is 32.2. The first-order valence-electron chi connectivity index (χ1n) is 5.00. The van der Waals surface area contributed by atoms with Crippen LogP contribution in [0.15, 0.2) is 0 Å². The fourth-order valence-electron chi connectivity index (χ4n) is 2.05. The second-order valence-corrected chi connectivity index (χ2v) is 5.04. The average molecular weight is 200 g/mol. The van der Waals surface area contributed by atoms with E-state index in [4.69, 9.17) is 0 Å². The van der Waals surface area contributed by atoms with E-state index in [1.807, 2.05) is 11.8 Å². The van der Waals surface area contributed by atoms with E-state index in [-0.39, 0.29) is 6.03 Å². The van der Waals surface area contributed by atoms with Crippen molar-refractivity contribution in [3.63, 3.8) is 0 Å². The van der Waals surface area contributed by atoms with Crippen molar-refractivity contribution in [3.05, 3.63) is 0 Å². The summed E-state index contributed by atoms with van der Waals surface area (Å²) in [6.07, 6.45) is 3.76. The van der Waals surface area contributed by atoms with Gasteiger partial charge in [-0.1, -0.05) is 19.8 Å². The Morgan fingerprint density at radius 2 is 2.38 bits per heavy atom. The Bertz CT molecular complexity index is 210. The second-order valence-electron chi connectivity index (χ2n) is 3.76. The van der Waals surface area contributed by atoms with Crippen molar-refractivity contribution >= 4 is 17.8 Å². The lowest BCUT2D eigenvalue weighted by atomic mass is 10.0. The van der Waals surface area contributed by atoms with Gasteiger partial charge in [0.05, 0.1) is 12.1 Å². The number of nitrogens with one attached hydrogen (secondary N) is 2. The predicted octanol–water partition coefficient (Wildman–Crippen LogP) is 1.34. The van der Waals surface area contributed by atoms with E-state index in [9.17, 15) is 4.79 Å². The Hall–Kier alpha value is -0.380. The van der Waals surface area contributed by atoms with Crippen LogP contribution < -0.4 is 10.6 Å².